The first-order valence-electron chi connectivity index (χ1n) is 6.88. The number of rotatable bonds is 3. The molecule has 3 heteroatoms. The topological polar surface area (TPSA) is 15.3 Å². The monoisotopic (exact) mass is 310 g/mol. The predicted molar refractivity (Wildman–Crippen MR) is 80.3 cm³/mol. The van der Waals surface area contributed by atoms with Crippen LogP contribution in [0.3, 0.4) is 0 Å². The van der Waals surface area contributed by atoms with Crippen LogP contribution in [0.5, 0.6) is 0 Å². The van der Waals surface area contributed by atoms with E-state index >= 15 is 0 Å². The molecule has 1 saturated heterocycles. The van der Waals surface area contributed by atoms with Gasteiger partial charge in [-0.2, -0.15) is 0 Å². The minimum absolute atomic E-state index is 0.337. The number of piperidine rings is 1. The van der Waals surface area contributed by atoms with Gasteiger partial charge in [0.25, 0.3) is 0 Å². The summed E-state index contributed by atoms with van der Waals surface area (Å²) in [5.41, 5.74) is 5.00. The second kappa shape index (κ2) is 6.18. The number of hydrogen-bond donors (Lipinski definition) is 1. The molecule has 0 aromatic heterocycles. The number of nitrogens with one attached hydrogen (secondary N) is 1. The first kappa shape index (κ1) is 14.0. The molecule has 0 aliphatic carbocycles. The molecule has 1 aromatic rings. The maximum absolute atomic E-state index is 3.68. The maximum Gasteiger partial charge on any atom is 0.0447 e. The molecule has 1 aliphatic rings. The highest BCUT2D eigenvalue weighted by molar-refractivity contribution is 9.10. The van der Waals surface area contributed by atoms with E-state index in [4.69, 9.17) is 0 Å². The van der Waals surface area contributed by atoms with E-state index in [9.17, 15) is 0 Å². The van der Waals surface area contributed by atoms with Gasteiger partial charge in [0.05, 0.1) is 0 Å². The first-order chi connectivity index (χ1) is 8.59. The van der Waals surface area contributed by atoms with Gasteiger partial charge in [0.2, 0.25) is 0 Å². The Bertz CT molecular complexity index is 384. The van der Waals surface area contributed by atoms with Gasteiger partial charge in [-0.3, -0.25) is 0 Å². The van der Waals surface area contributed by atoms with Gasteiger partial charge in [-0.15, -0.1) is 0 Å². The van der Waals surface area contributed by atoms with Gasteiger partial charge in [-0.25, -0.2) is 10.4 Å². The van der Waals surface area contributed by atoms with Gasteiger partial charge in [-0.1, -0.05) is 40.5 Å². The summed E-state index contributed by atoms with van der Waals surface area (Å²) < 4.78 is 1.18. The molecule has 0 bridgehead atoms. The molecule has 0 spiro atoms. The van der Waals surface area contributed by atoms with Gasteiger partial charge in [-0.05, 0) is 45.2 Å². The molecule has 0 saturated carbocycles. The summed E-state index contributed by atoms with van der Waals surface area (Å²) in [4.78, 5) is 0. The number of benzene rings is 1. The van der Waals surface area contributed by atoms with E-state index in [2.05, 4.69) is 71.4 Å². The van der Waals surface area contributed by atoms with E-state index in [1.54, 1.807) is 0 Å². The number of halogens is 1. The van der Waals surface area contributed by atoms with Crippen molar-refractivity contribution < 1.29 is 0 Å². The SMILES string of the molecule is CC(NN1C(C)CCCC1C)c1ccccc1Br. The van der Waals surface area contributed by atoms with Crippen molar-refractivity contribution in [1.29, 1.82) is 0 Å². The molecule has 1 aliphatic heterocycles. The third-order valence-corrected chi connectivity index (χ3v) is 4.63. The third-order valence-electron chi connectivity index (χ3n) is 3.91. The molecule has 2 rings (SSSR count). The van der Waals surface area contributed by atoms with Gasteiger partial charge < -0.3 is 0 Å². The average Bonchev–Trinajstić information content (AvgIpc) is 2.34. The highest BCUT2D eigenvalue weighted by Gasteiger charge is 2.26. The van der Waals surface area contributed by atoms with Crippen molar-refractivity contribution in [3.8, 4) is 0 Å². The average molecular weight is 311 g/mol. The molecule has 18 heavy (non-hydrogen) atoms. The van der Waals surface area contributed by atoms with Crippen LogP contribution < -0.4 is 5.43 Å². The molecule has 1 heterocycles. The lowest BCUT2D eigenvalue weighted by atomic mass is 9.99. The van der Waals surface area contributed by atoms with Crippen LogP contribution in [0.2, 0.25) is 0 Å². The lowest BCUT2D eigenvalue weighted by molar-refractivity contribution is 0.0319. The van der Waals surface area contributed by atoms with Crippen LogP contribution in [0.1, 0.15) is 51.6 Å². The van der Waals surface area contributed by atoms with E-state index in [-0.39, 0.29) is 0 Å². The molecule has 1 aromatic carbocycles. The second-order valence-corrected chi connectivity index (χ2v) is 6.26. The highest BCUT2D eigenvalue weighted by Crippen LogP contribution is 2.26. The van der Waals surface area contributed by atoms with Crippen molar-refractivity contribution in [3.05, 3.63) is 34.3 Å². The van der Waals surface area contributed by atoms with Crippen LogP contribution in [-0.2, 0) is 0 Å². The van der Waals surface area contributed by atoms with Crippen molar-refractivity contribution in [3.63, 3.8) is 0 Å². The van der Waals surface area contributed by atoms with Crippen molar-refractivity contribution in [1.82, 2.24) is 10.4 Å². The van der Waals surface area contributed by atoms with Gasteiger partial charge >= 0.3 is 0 Å². The Hall–Kier alpha value is -0.380. The summed E-state index contributed by atoms with van der Waals surface area (Å²) in [6, 6.07) is 10.0. The van der Waals surface area contributed by atoms with Crippen molar-refractivity contribution in [2.75, 3.05) is 0 Å². The Labute approximate surface area is 119 Å². The van der Waals surface area contributed by atoms with Crippen molar-refractivity contribution >= 4 is 15.9 Å². The second-order valence-electron chi connectivity index (χ2n) is 5.41. The molecule has 2 nitrogen and oxygen atoms in total. The molecule has 100 valence electrons. The molecular formula is C15H23BrN2. The highest BCUT2D eigenvalue weighted by atomic mass is 79.9. The minimum atomic E-state index is 0.337. The summed E-state index contributed by atoms with van der Waals surface area (Å²) in [5, 5.41) is 2.44. The number of nitrogens with zero attached hydrogens (tertiary/aromatic N) is 1. The number of hydrazine groups is 1. The Kier molecular flexibility index (Phi) is 4.82. The van der Waals surface area contributed by atoms with Crippen molar-refractivity contribution in [2.45, 2.75) is 58.2 Å². The zero-order chi connectivity index (χ0) is 13.1. The maximum atomic E-state index is 3.68. The Morgan fingerprint density at radius 2 is 1.83 bits per heavy atom. The van der Waals surface area contributed by atoms with Crippen LogP contribution in [-0.4, -0.2) is 17.1 Å². The lowest BCUT2D eigenvalue weighted by Gasteiger charge is -2.41. The fourth-order valence-corrected chi connectivity index (χ4v) is 3.42. The third kappa shape index (κ3) is 3.14. The Morgan fingerprint density at radius 1 is 1.22 bits per heavy atom. The van der Waals surface area contributed by atoms with Crippen LogP contribution >= 0.6 is 15.9 Å². The smallest absolute Gasteiger partial charge is 0.0447 e. The van der Waals surface area contributed by atoms with Crippen molar-refractivity contribution in [2.24, 2.45) is 0 Å². The summed E-state index contributed by atoms with van der Waals surface area (Å²) in [6.07, 6.45) is 3.93. The zero-order valence-electron chi connectivity index (χ0n) is 11.5. The fraction of sp³-hybridized carbons (Fsp3) is 0.600. The van der Waals surface area contributed by atoms with Gasteiger partial charge in [0.1, 0.15) is 0 Å². The summed E-state index contributed by atoms with van der Waals surface area (Å²) in [6.45, 7) is 6.86. The largest absolute Gasteiger partial charge is 0.247 e. The van der Waals surface area contributed by atoms with E-state index < -0.39 is 0 Å². The Morgan fingerprint density at radius 3 is 2.44 bits per heavy atom. The van der Waals surface area contributed by atoms with Crippen LogP contribution in [0.25, 0.3) is 0 Å². The predicted octanol–water partition coefficient (Wildman–Crippen LogP) is 4.28. The van der Waals surface area contributed by atoms with Crippen LogP contribution in [0.4, 0.5) is 0 Å². The molecule has 1 N–H and O–H groups in total. The zero-order valence-corrected chi connectivity index (χ0v) is 13.1. The molecule has 3 atom stereocenters. The van der Waals surface area contributed by atoms with Crippen LogP contribution in [0.15, 0.2) is 28.7 Å². The normalized spacial score (nSPS) is 27.1. The van der Waals surface area contributed by atoms with E-state index in [1.807, 2.05) is 0 Å². The number of hydrogen-bond acceptors (Lipinski definition) is 2. The molecule has 0 amide bonds. The summed E-state index contributed by atoms with van der Waals surface area (Å²) in [7, 11) is 0. The molecule has 1 fully saturated rings. The molecule has 0 radical (unpaired) electrons. The van der Waals surface area contributed by atoms with E-state index in [1.165, 1.54) is 29.3 Å². The van der Waals surface area contributed by atoms with E-state index in [0.29, 0.717) is 18.1 Å². The van der Waals surface area contributed by atoms with Gasteiger partial charge in [0, 0.05) is 22.6 Å². The molecule has 3 unspecified atom stereocenters. The Balaban J connectivity index is 2.06. The van der Waals surface area contributed by atoms with E-state index in [0.717, 1.165) is 0 Å². The fourth-order valence-electron chi connectivity index (χ4n) is 2.80. The summed E-state index contributed by atoms with van der Waals surface area (Å²) >= 11 is 3.63. The minimum Gasteiger partial charge on any atom is -0.247 e. The quantitative estimate of drug-likeness (QED) is 0.896. The van der Waals surface area contributed by atoms with Gasteiger partial charge in [0.15, 0.2) is 0 Å². The standard InChI is InChI=1S/C15H23BrN2/c1-11-7-6-8-12(2)18(11)17-13(3)14-9-4-5-10-15(14)16/h4-5,9-13,17H,6-8H2,1-3H3. The molecular weight excluding hydrogens is 288 g/mol. The summed E-state index contributed by atoms with van der Waals surface area (Å²) in [5.74, 6) is 0. The van der Waals surface area contributed by atoms with Crippen LogP contribution in [0, 0.1) is 0 Å². The lowest BCUT2D eigenvalue weighted by Crippen LogP contribution is -2.52. The first-order valence-corrected chi connectivity index (χ1v) is 7.68.